The Morgan fingerprint density at radius 2 is 1.94 bits per heavy atom. The Bertz CT molecular complexity index is 544. The molecule has 100 valence electrons. The summed E-state index contributed by atoms with van der Waals surface area (Å²) in [4.78, 5) is 34.6. The van der Waals surface area contributed by atoms with Gasteiger partial charge in [-0.25, -0.2) is 9.48 Å². The molecule has 0 atom stereocenters. The zero-order valence-electron chi connectivity index (χ0n) is 10.9. The lowest BCUT2D eigenvalue weighted by Gasteiger charge is -2.06. The van der Waals surface area contributed by atoms with E-state index < -0.39 is 11.2 Å². The molecule has 0 fully saturated rings. The van der Waals surface area contributed by atoms with Crippen LogP contribution in [0.2, 0.25) is 0 Å². The first-order valence-electron chi connectivity index (χ1n) is 5.91. The smallest absolute Gasteiger partial charge is 0.305 e. The standard InChI is InChI=1S/C11H18N4O3/c1-4-5-6-7-8(16)12-9-10(17)14(2)11(18)15(3)13-9/h4-7H2,1-3H3,(H,12,13,16). The molecule has 1 heterocycles. The molecule has 0 spiro atoms. The molecule has 7 nitrogen and oxygen atoms in total. The summed E-state index contributed by atoms with van der Waals surface area (Å²) < 4.78 is 1.93. The second-order valence-corrected chi connectivity index (χ2v) is 4.12. The van der Waals surface area contributed by atoms with E-state index in [9.17, 15) is 14.4 Å². The van der Waals surface area contributed by atoms with Gasteiger partial charge in [-0.1, -0.05) is 19.8 Å². The molecule has 0 aliphatic heterocycles. The van der Waals surface area contributed by atoms with E-state index in [1.807, 2.05) is 6.92 Å². The molecule has 1 N–H and O–H groups in total. The van der Waals surface area contributed by atoms with Crippen LogP contribution in [0.25, 0.3) is 0 Å². The number of amides is 1. The third kappa shape index (κ3) is 3.28. The second kappa shape index (κ2) is 6.13. The molecule has 0 saturated carbocycles. The number of unbranched alkanes of at least 4 members (excludes halogenated alkanes) is 2. The predicted octanol–water partition coefficient (Wildman–Crippen LogP) is -0.00220. The summed E-state index contributed by atoms with van der Waals surface area (Å²) in [6, 6.07) is 0. The fraction of sp³-hybridized carbons (Fsp3) is 0.636. The maximum Gasteiger partial charge on any atom is 0.346 e. The number of carbonyl (C=O) groups is 1. The van der Waals surface area contributed by atoms with E-state index in [4.69, 9.17) is 0 Å². The number of carbonyl (C=O) groups excluding carboxylic acids is 1. The average Bonchev–Trinajstić information content (AvgIpc) is 2.33. The summed E-state index contributed by atoms with van der Waals surface area (Å²) in [6.07, 6.45) is 3.11. The average molecular weight is 254 g/mol. The molecular formula is C11H18N4O3. The largest absolute Gasteiger partial charge is 0.346 e. The number of rotatable bonds is 5. The van der Waals surface area contributed by atoms with Crippen LogP contribution in [-0.4, -0.2) is 20.3 Å². The Hall–Kier alpha value is -1.92. The van der Waals surface area contributed by atoms with Gasteiger partial charge >= 0.3 is 5.69 Å². The minimum atomic E-state index is -0.595. The summed E-state index contributed by atoms with van der Waals surface area (Å²) >= 11 is 0. The summed E-state index contributed by atoms with van der Waals surface area (Å²) in [5.41, 5.74) is -1.12. The highest BCUT2D eigenvalue weighted by Gasteiger charge is 2.11. The van der Waals surface area contributed by atoms with Gasteiger partial charge in [0.15, 0.2) is 0 Å². The van der Waals surface area contributed by atoms with Crippen molar-refractivity contribution in [1.29, 1.82) is 0 Å². The van der Waals surface area contributed by atoms with Crippen LogP contribution in [-0.2, 0) is 18.9 Å². The van der Waals surface area contributed by atoms with Gasteiger partial charge in [-0.3, -0.25) is 14.2 Å². The SMILES string of the molecule is CCCCCC(=O)Nc1nn(C)c(=O)n(C)c1=O. The number of hydrogen-bond acceptors (Lipinski definition) is 4. The lowest BCUT2D eigenvalue weighted by molar-refractivity contribution is -0.116. The minimum Gasteiger partial charge on any atom is -0.305 e. The predicted molar refractivity (Wildman–Crippen MR) is 67.5 cm³/mol. The number of aryl methyl sites for hydroxylation is 1. The first kappa shape index (κ1) is 14.1. The molecule has 0 bridgehead atoms. The van der Waals surface area contributed by atoms with E-state index in [-0.39, 0.29) is 11.7 Å². The molecule has 1 rings (SSSR count). The third-order valence-corrected chi connectivity index (χ3v) is 2.59. The Morgan fingerprint density at radius 3 is 2.56 bits per heavy atom. The van der Waals surface area contributed by atoms with Crippen molar-refractivity contribution in [2.24, 2.45) is 14.1 Å². The molecule has 0 radical (unpaired) electrons. The van der Waals surface area contributed by atoms with Crippen molar-refractivity contribution in [2.45, 2.75) is 32.6 Å². The molecule has 1 amide bonds. The van der Waals surface area contributed by atoms with Crippen molar-refractivity contribution in [2.75, 3.05) is 5.32 Å². The number of aromatic nitrogens is 3. The maximum absolute atomic E-state index is 11.7. The highest BCUT2D eigenvalue weighted by Crippen LogP contribution is 2.00. The van der Waals surface area contributed by atoms with E-state index in [0.29, 0.717) is 6.42 Å². The Morgan fingerprint density at radius 1 is 1.28 bits per heavy atom. The Labute approximate surface area is 104 Å². The first-order valence-corrected chi connectivity index (χ1v) is 5.91. The minimum absolute atomic E-state index is 0.110. The van der Waals surface area contributed by atoms with Crippen molar-refractivity contribution in [3.8, 4) is 0 Å². The molecule has 18 heavy (non-hydrogen) atoms. The van der Waals surface area contributed by atoms with E-state index in [1.165, 1.54) is 14.1 Å². The molecule has 1 aromatic rings. The van der Waals surface area contributed by atoms with Gasteiger partial charge in [0.25, 0.3) is 5.56 Å². The number of anilines is 1. The lowest BCUT2D eigenvalue weighted by Crippen LogP contribution is -2.40. The maximum atomic E-state index is 11.7. The monoisotopic (exact) mass is 254 g/mol. The normalized spacial score (nSPS) is 10.4. The van der Waals surface area contributed by atoms with Gasteiger partial charge in [0.2, 0.25) is 11.7 Å². The zero-order chi connectivity index (χ0) is 13.7. The van der Waals surface area contributed by atoms with Gasteiger partial charge in [0.05, 0.1) is 0 Å². The summed E-state index contributed by atoms with van der Waals surface area (Å²) in [5, 5.41) is 6.18. The molecule has 0 unspecified atom stereocenters. The highest BCUT2D eigenvalue weighted by molar-refractivity contribution is 5.89. The molecule has 0 aliphatic rings. The molecular weight excluding hydrogens is 236 g/mol. The molecule has 7 heteroatoms. The number of hydrogen-bond donors (Lipinski definition) is 1. The van der Waals surface area contributed by atoms with Gasteiger partial charge in [0.1, 0.15) is 0 Å². The second-order valence-electron chi connectivity index (χ2n) is 4.12. The third-order valence-electron chi connectivity index (χ3n) is 2.59. The topological polar surface area (TPSA) is 86.0 Å². The molecule has 0 aromatic carbocycles. The van der Waals surface area contributed by atoms with E-state index in [2.05, 4.69) is 10.4 Å². The van der Waals surface area contributed by atoms with Gasteiger partial charge in [-0.15, -0.1) is 5.10 Å². The van der Waals surface area contributed by atoms with Crippen LogP contribution in [0.3, 0.4) is 0 Å². The number of nitrogens with zero attached hydrogens (tertiary/aromatic N) is 3. The summed E-state index contributed by atoms with van der Waals surface area (Å²) in [7, 11) is 2.77. The van der Waals surface area contributed by atoms with Gasteiger partial charge in [-0.2, -0.15) is 0 Å². The van der Waals surface area contributed by atoms with E-state index in [0.717, 1.165) is 28.5 Å². The number of nitrogens with one attached hydrogen (secondary N) is 1. The lowest BCUT2D eigenvalue weighted by atomic mass is 10.2. The summed E-state index contributed by atoms with van der Waals surface area (Å²) in [5.74, 6) is -0.368. The van der Waals surface area contributed by atoms with Crippen molar-refractivity contribution in [3.63, 3.8) is 0 Å². The van der Waals surface area contributed by atoms with Crippen molar-refractivity contribution < 1.29 is 4.79 Å². The van der Waals surface area contributed by atoms with Crippen molar-refractivity contribution in [3.05, 3.63) is 20.8 Å². The van der Waals surface area contributed by atoms with Crippen LogP contribution in [0, 0.1) is 0 Å². The highest BCUT2D eigenvalue weighted by atomic mass is 16.2. The first-order chi connectivity index (χ1) is 8.47. The fourth-order valence-corrected chi connectivity index (χ4v) is 1.51. The van der Waals surface area contributed by atoms with Crippen LogP contribution in [0.15, 0.2) is 9.59 Å². The van der Waals surface area contributed by atoms with Gasteiger partial charge in [0, 0.05) is 20.5 Å². The Kier molecular flexibility index (Phi) is 4.82. The van der Waals surface area contributed by atoms with Crippen LogP contribution in [0.5, 0.6) is 0 Å². The van der Waals surface area contributed by atoms with Crippen LogP contribution >= 0.6 is 0 Å². The van der Waals surface area contributed by atoms with Crippen LogP contribution in [0.1, 0.15) is 32.6 Å². The zero-order valence-corrected chi connectivity index (χ0v) is 10.9. The Balaban J connectivity index is 2.83. The van der Waals surface area contributed by atoms with E-state index in [1.54, 1.807) is 0 Å². The van der Waals surface area contributed by atoms with Gasteiger partial charge in [-0.05, 0) is 6.42 Å². The van der Waals surface area contributed by atoms with Crippen molar-refractivity contribution in [1.82, 2.24) is 14.3 Å². The molecule has 0 saturated heterocycles. The quantitative estimate of drug-likeness (QED) is 0.749. The summed E-state index contributed by atoms with van der Waals surface area (Å²) in [6.45, 7) is 2.04. The van der Waals surface area contributed by atoms with Crippen LogP contribution in [0.4, 0.5) is 5.82 Å². The van der Waals surface area contributed by atoms with Crippen molar-refractivity contribution >= 4 is 11.7 Å². The van der Waals surface area contributed by atoms with E-state index >= 15 is 0 Å². The van der Waals surface area contributed by atoms with Crippen LogP contribution < -0.4 is 16.6 Å². The molecule has 1 aromatic heterocycles. The molecule has 0 aliphatic carbocycles. The van der Waals surface area contributed by atoms with Gasteiger partial charge < -0.3 is 5.32 Å². The fourth-order valence-electron chi connectivity index (χ4n) is 1.51.